The minimum Gasteiger partial charge on any atom is -0.382 e. The number of hydrogen-bond acceptors (Lipinski definition) is 4. The standard InChI is InChI=1S/C19H31N5O2/c1-3-20-19(22-12-7-13-26-15-14-25-2)21-11-6-10-18-23-16-8-4-5-9-17(16)24-18/h4-5,8-9H,3,6-7,10-15H2,1-2H3,(H,23,24)(H2,20,21,22). The molecule has 0 aliphatic carbocycles. The lowest BCUT2D eigenvalue weighted by Gasteiger charge is -2.11. The van der Waals surface area contributed by atoms with Gasteiger partial charge in [0.15, 0.2) is 5.96 Å². The molecular formula is C19H31N5O2. The molecule has 1 heterocycles. The molecule has 0 atom stereocenters. The Morgan fingerprint density at radius 3 is 2.85 bits per heavy atom. The van der Waals surface area contributed by atoms with Crippen LogP contribution in [0.1, 0.15) is 25.6 Å². The highest BCUT2D eigenvalue weighted by Gasteiger charge is 2.02. The van der Waals surface area contributed by atoms with Crippen LogP contribution in [0.25, 0.3) is 11.0 Å². The third-order valence-electron chi connectivity index (χ3n) is 3.81. The number of aryl methyl sites for hydroxylation is 1. The minimum absolute atomic E-state index is 0.642. The van der Waals surface area contributed by atoms with Crippen molar-refractivity contribution in [2.45, 2.75) is 26.2 Å². The molecule has 0 aliphatic rings. The summed E-state index contributed by atoms with van der Waals surface area (Å²) in [7, 11) is 1.68. The van der Waals surface area contributed by atoms with Crippen LogP contribution >= 0.6 is 0 Å². The van der Waals surface area contributed by atoms with Gasteiger partial charge in [0, 0.05) is 39.8 Å². The summed E-state index contributed by atoms with van der Waals surface area (Å²) in [6, 6.07) is 8.11. The normalized spacial score (nSPS) is 11.8. The van der Waals surface area contributed by atoms with Crippen LogP contribution in [0.5, 0.6) is 0 Å². The number of rotatable bonds is 12. The highest BCUT2D eigenvalue weighted by molar-refractivity contribution is 5.79. The second kappa shape index (κ2) is 12.3. The molecule has 0 unspecified atom stereocenters. The molecule has 0 fully saturated rings. The Labute approximate surface area is 155 Å². The first-order chi connectivity index (χ1) is 12.8. The number of aliphatic imine (C=N–C) groups is 1. The molecule has 26 heavy (non-hydrogen) atoms. The number of benzene rings is 1. The third-order valence-corrected chi connectivity index (χ3v) is 3.81. The molecule has 2 aromatic rings. The van der Waals surface area contributed by atoms with Gasteiger partial charge in [-0.25, -0.2) is 4.98 Å². The van der Waals surface area contributed by atoms with Gasteiger partial charge >= 0.3 is 0 Å². The highest BCUT2D eigenvalue weighted by atomic mass is 16.5. The van der Waals surface area contributed by atoms with E-state index in [4.69, 9.17) is 9.47 Å². The number of guanidine groups is 1. The van der Waals surface area contributed by atoms with Crippen molar-refractivity contribution in [3.05, 3.63) is 30.1 Å². The molecule has 144 valence electrons. The third kappa shape index (κ3) is 7.41. The van der Waals surface area contributed by atoms with Gasteiger partial charge in [0.05, 0.1) is 24.2 Å². The summed E-state index contributed by atoms with van der Waals surface area (Å²) in [5.41, 5.74) is 2.11. The fourth-order valence-corrected chi connectivity index (χ4v) is 2.53. The van der Waals surface area contributed by atoms with Gasteiger partial charge in [0.1, 0.15) is 5.82 Å². The molecule has 7 heteroatoms. The predicted molar refractivity (Wildman–Crippen MR) is 106 cm³/mol. The molecule has 0 spiro atoms. The van der Waals surface area contributed by atoms with Crippen LogP contribution in [0, 0.1) is 0 Å². The van der Waals surface area contributed by atoms with Crippen LogP contribution in [0.2, 0.25) is 0 Å². The lowest BCUT2D eigenvalue weighted by Crippen LogP contribution is -2.38. The fraction of sp³-hybridized carbons (Fsp3) is 0.579. The Hall–Kier alpha value is -2.12. The first-order valence-electron chi connectivity index (χ1n) is 9.36. The first kappa shape index (κ1) is 20.2. The molecule has 0 saturated carbocycles. The maximum atomic E-state index is 5.45. The van der Waals surface area contributed by atoms with Crippen molar-refractivity contribution >= 4 is 17.0 Å². The van der Waals surface area contributed by atoms with E-state index in [-0.39, 0.29) is 0 Å². The summed E-state index contributed by atoms with van der Waals surface area (Å²) in [6.07, 6.45) is 2.79. The average molecular weight is 361 g/mol. The molecule has 0 amide bonds. The maximum Gasteiger partial charge on any atom is 0.191 e. The van der Waals surface area contributed by atoms with Crippen molar-refractivity contribution in [2.75, 3.05) is 46.6 Å². The lowest BCUT2D eigenvalue weighted by molar-refractivity contribution is 0.0698. The van der Waals surface area contributed by atoms with E-state index >= 15 is 0 Å². The largest absolute Gasteiger partial charge is 0.382 e. The molecule has 1 aromatic carbocycles. The number of H-pyrrole nitrogens is 1. The van der Waals surface area contributed by atoms with E-state index < -0.39 is 0 Å². The van der Waals surface area contributed by atoms with E-state index in [9.17, 15) is 0 Å². The van der Waals surface area contributed by atoms with Crippen molar-refractivity contribution in [1.82, 2.24) is 20.6 Å². The predicted octanol–water partition coefficient (Wildman–Crippen LogP) is 2.10. The molecule has 7 nitrogen and oxygen atoms in total. The molecule has 3 N–H and O–H groups in total. The lowest BCUT2D eigenvalue weighted by atomic mass is 10.3. The number of fused-ring (bicyclic) bond motifs is 1. The number of nitrogens with one attached hydrogen (secondary N) is 3. The fourth-order valence-electron chi connectivity index (χ4n) is 2.53. The monoisotopic (exact) mass is 361 g/mol. The summed E-state index contributed by atoms with van der Waals surface area (Å²) >= 11 is 0. The quantitative estimate of drug-likeness (QED) is 0.306. The van der Waals surface area contributed by atoms with Crippen molar-refractivity contribution < 1.29 is 9.47 Å². The first-order valence-corrected chi connectivity index (χ1v) is 9.36. The SMILES string of the molecule is CCNC(=NCCCc1nc2ccccc2[nH]1)NCCCOCCOC. The van der Waals surface area contributed by atoms with Gasteiger partial charge in [-0.15, -0.1) is 0 Å². The number of nitrogens with zero attached hydrogens (tertiary/aromatic N) is 2. The number of methoxy groups -OCH3 is 1. The van der Waals surface area contributed by atoms with Crippen LogP contribution in [0.3, 0.4) is 0 Å². The van der Waals surface area contributed by atoms with Crippen LogP contribution in [0.15, 0.2) is 29.3 Å². The van der Waals surface area contributed by atoms with Gasteiger partial charge in [-0.1, -0.05) is 12.1 Å². The van der Waals surface area contributed by atoms with Crippen LogP contribution < -0.4 is 10.6 Å². The summed E-state index contributed by atoms with van der Waals surface area (Å²) in [5.74, 6) is 1.88. The summed E-state index contributed by atoms with van der Waals surface area (Å²) in [6.45, 7) is 6.52. The van der Waals surface area contributed by atoms with Crippen LogP contribution in [-0.4, -0.2) is 62.5 Å². The van der Waals surface area contributed by atoms with E-state index in [2.05, 4.69) is 38.6 Å². The van der Waals surface area contributed by atoms with Gasteiger partial charge in [-0.05, 0) is 31.9 Å². The van der Waals surface area contributed by atoms with Gasteiger partial charge in [0.2, 0.25) is 0 Å². The Balaban J connectivity index is 1.65. The number of para-hydroxylation sites is 2. The van der Waals surface area contributed by atoms with E-state index in [0.717, 1.165) is 68.3 Å². The molecule has 0 aliphatic heterocycles. The molecule has 0 radical (unpaired) electrons. The smallest absolute Gasteiger partial charge is 0.191 e. The van der Waals surface area contributed by atoms with E-state index in [0.29, 0.717) is 13.2 Å². The average Bonchev–Trinajstić information content (AvgIpc) is 3.07. The van der Waals surface area contributed by atoms with E-state index in [1.54, 1.807) is 7.11 Å². The number of imidazole rings is 1. The maximum absolute atomic E-state index is 5.45. The number of aromatic amines is 1. The van der Waals surface area contributed by atoms with Gasteiger partial charge in [-0.2, -0.15) is 0 Å². The van der Waals surface area contributed by atoms with E-state index in [1.807, 2.05) is 18.2 Å². The Bertz CT molecular complexity index is 623. The van der Waals surface area contributed by atoms with Gasteiger partial charge in [-0.3, -0.25) is 4.99 Å². The number of hydrogen-bond donors (Lipinski definition) is 3. The van der Waals surface area contributed by atoms with Crippen LogP contribution in [-0.2, 0) is 15.9 Å². The second-order valence-corrected chi connectivity index (χ2v) is 5.95. The highest BCUT2D eigenvalue weighted by Crippen LogP contribution is 2.11. The summed E-state index contributed by atoms with van der Waals surface area (Å²) in [4.78, 5) is 12.6. The number of aromatic nitrogens is 2. The minimum atomic E-state index is 0.642. The topological polar surface area (TPSA) is 83.6 Å². The summed E-state index contributed by atoms with van der Waals surface area (Å²) in [5, 5.41) is 6.60. The summed E-state index contributed by atoms with van der Waals surface area (Å²) < 4.78 is 10.4. The zero-order valence-electron chi connectivity index (χ0n) is 15.9. The van der Waals surface area contributed by atoms with Gasteiger partial charge < -0.3 is 25.1 Å². The molecular weight excluding hydrogens is 330 g/mol. The Kier molecular flexibility index (Phi) is 9.53. The Morgan fingerprint density at radius 1 is 1.15 bits per heavy atom. The van der Waals surface area contributed by atoms with Crippen molar-refractivity contribution in [1.29, 1.82) is 0 Å². The molecule has 0 bridgehead atoms. The van der Waals surface area contributed by atoms with Crippen molar-refractivity contribution in [3.8, 4) is 0 Å². The zero-order valence-corrected chi connectivity index (χ0v) is 15.9. The molecule has 1 aromatic heterocycles. The molecule has 2 rings (SSSR count). The van der Waals surface area contributed by atoms with E-state index in [1.165, 1.54) is 0 Å². The van der Waals surface area contributed by atoms with Crippen molar-refractivity contribution in [2.24, 2.45) is 4.99 Å². The molecule has 0 saturated heterocycles. The van der Waals surface area contributed by atoms with Crippen LogP contribution in [0.4, 0.5) is 0 Å². The second-order valence-electron chi connectivity index (χ2n) is 5.95. The van der Waals surface area contributed by atoms with Crippen molar-refractivity contribution in [3.63, 3.8) is 0 Å². The number of ether oxygens (including phenoxy) is 2. The Morgan fingerprint density at radius 2 is 2.04 bits per heavy atom. The van der Waals surface area contributed by atoms with Gasteiger partial charge in [0.25, 0.3) is 0 Å². The zero-order chi connectivity index (χ0) is 18.5.